The zero-order chi connectivity index (χ0) is 14.8. The molecule has 0 N–H and O–H groups in total. The molecule has 0 bridgehead atoms. The molecule has 0 saturated carbocycles. The van der Waals surface area contributed by atoms with Crippen LogP contribution < -0.4 is 0 Å². The van der Waals surface area contributed by atoms with E-state index in [9.17, 15) is 12.8 Å². The summed E-state index contributed by atoms with van der Waals surface area (Å²) in [4.78, 5) is -0.0165. The number of benzene rings is 1. The lowest BCUT2D eigenvalue weighted by Crippen LogP contribution is -2.41. The number of hydrogen-bond donors (Lipinski definition) is 0. The van der Waals surface area contributed by atoms with Gasteiger partial charge in [0.2, 0.25) is 10.0 Å². The van der Waals surface area contributed by atoms with Gasteiger partial charge in [0.05, 0.1) is 10.5 Å². The molecule has 1 aliphatic heterocycles. The first-order valence-electron chi connectivity index (χ1n) is 6.30. The Bertz CT molecular complexity index is 640. The third kappa shape index (κ3) is 2.97. The van der Waals surface area contributed by atoms with Crippen molar-refractivity contribution >= 4 is 21.8 Å². The normalized spacial score (nSPS) is 20.6. The molecule has 1 fully saturated rings. The van der Waals surface area contributed by atoms with E-state index in [1.54, 1.807) is 17.8 Å². The Labute approximate surface area is 122 Å². The highest BCUT2D eigenvalue weighted by Gasteiger charge is 2.30. The molecule has 0 aromatic heterocycles. The number of hydrogen-bond acceptors (Lipinski definition) is 4. The average Bonchev–Trinajstić information content (AvgIpc) is 2.47. The zero-order valence-corrected chi connectivity index (χ0v) is 12.7. The van der Waals surface area contributed by atoms with Gasteiger partial charge in [-0.25, -0.2) is 12.8 Å². The van der Waals surface area contributed by atoms with E-state index < -0.39 is 15.8 Å². The third-order valence-corrected chi connectivity index (χ3v) is 6.49. The predicted molar refractivity (Wildman–Crippen MR) is 76.4 cm³/mol. The number of halogens is 1. The fourth-order valence-corrected chi connectivity index (χ4v) is 4.96. The molecule has 0 spiro atoms. The number of rotatable bonds is 3. The van der Waals surface area contributed by atoms with E-state index in [2.05, 4.69) is 0 Å². The lowest BCUT2D eigenvalue weighted by atomic mass is 10.2. The molecule has 2 rings (SSSR count). The van der Waals surface area contributed by atoms with Gasteiger partial charge in [-0.3, -0.25) is 0 Å². The largest absolute Gasteiger partial charge is 0.243 e. The Kier molecular flexibility index (Phi) is 4.68. The molecule has 1 heterocycles. The van der Waals surface area contributed by atoms with E-state index in [4.69, 9.17) is 5.26 Å². The third-order valence-electron chi connectivity index (χ3n) is 3.25. The maximum atomic E-state index is 13.3. The molecule has 0 amide bonds. The van der Waals surface area contributed by atoms with Gasteiger partial charge in [0, 0.05) is 24.1 Å². The molecular formula is C13H15FN2O2S2. The van der Waals surface area contributed by atoms with Crippen molar-refractivity contribution in [3.8, 4) is 6.07 Å². The van der Waals surface area contributed by atoms with Crippen molar-refractivity contribution in [2.45, 2.75) is 23.5 Å². The van der Waals surface area contributed by atoms with Crippen LogP contribution in [0.1, 0.15) is 18.9 Å². The summed E-state index contributed by atoms with van der Waals surface area (Å²) >= 11 is 1.77. The molecule has 0 radical (unpaired) electrons. The minimum atomic E-state index is -3.65. The van der Waals surface area contributed by atoms with Gasteiger partial charge in [-0.1, -0.05) is 6.92 Å². The molecule has 20 heavy (non-hydrogen) atoms. The minimum Gasteiger partial charge on any atom is -0.207 e. The molecule has 1 saturated heterocycles. The summed E-state index contributed by atoms with van der Waals surface area (Å²) in [6, 6.07) is 5.02. The molecule has 0 aliphatic carbocycles. The van der Waals surface area contributed by atoms with Crippen LogP contribution in [-0.2, 0) is 10.0 Å². The molecule has 7 heteroatoms. The molecule has 108 valence electrons. The fraction of sp³-hybridized carbons (Fsp3) is 0.462. The van der Waals surface area contributed by atoms with E-state index in [0.717, 1.165) is 24.3 Å². The highest BCUT2D eigenvalue weighted by Crippen LogP contribution is 2.26. The smallest absolute Gasteiger partial charge is 0.207 e. The summed E-state index contributed by atoms with van der Waals surface area (Å²) in [5, 5.41) is 9.08. The predicted octanol–water partition coefficient (Wildman–Crippen LogP) is 2.21. The van der Waals surface area contributed by atoms with Gasteiger partial charge < -0.3 is 0 Å². The van der Waals surface area contributed by atoms with Crippen LogP contribution in [0.4, 0.5) is 4.39 Å². The lowest BCUT2D eigenvalue weighted by Gasteiger charge is -2.31. The number of nitriles is 1. The monoisotopic (exact) mass is 314 g/mol. The second-order valence-electron chi connectivity index (χ2n) is 4.52. The van der Waals surface area contributed by atoms with Crippen LogP contribution in [0.15, 0.2) is 23.1 Å². The van der Waals surface area contributed by atoms with E-state index >= 15 is 0 Å². The summed E-state index contributed by atoms with van der Waals surface area (Å²) in [6.07, 6.45) is 0.906. The molecule has 1 unspecified atom stereocenters. The molecule has 1 aromatic carbocycles. The minimum absolute atomic E-state index is 0.0165. The first-order valence-corrected chi connectivity index (χ1v) is 8.79. The highest BCUT2D eigenvalue weighted by atomic mass is 32.2. The highest BCUT2D eigenvalue weighted by molar-refractivity contribution is 8.00. The van der Waals surface area contributed by atoms with Crippen molar-refractivity contribution in [1.29, 1.82) is 5.26 Å². The number of sulfonamides is 1. The quantitative estimate of drug-likeness (QED) is 0.858. The lowest BCUT2D eigenvalue weighted by molar-refractivity contribution is 0.416. The van der Waals surface area contributed by atoms with Crippen molar-refractivity contribution in [3.63, 3.8) is 0 Å². The Morgan fingerprint density at radius 2 is 2.30 bits per heavy atom. The van der Waals surface area contributed by atoms with Crippen molar-refractivity contribution in [2.75, 3.05) is 18.8 Å². The van der Waals surface area contributed by atoms with Crippen molar-refractivity contribution < 1.29 is 12.8 Å². The van der Waals surface area contributed by atoms with E-state index in [1.165, 1.54) is 10.4 Å². The molecular weight excluding hydrogens is 299 g/mol. The second kappa shape index (κ2) is 6.12. The SMILES string of the molecule is CCC1CN(S(=O)(=O)c2ccc(F)c(C#N)c2)CCS1. The van der Waals surface area contributed by atoms with Crippen LogP contribution in [0.5, 0.6) is 0 Å². The number of nitrogens with zero attached hydrogens (tertiary/aromatic N) is 2. The van der Waals surface area contributed by atoms with Crippen molar-refractivity contribution in [1.82, 2.24) is 4.31 Å². The number of thioether (sulfide) groups is 1. The van der Waals surface area contributed by atoms with Crippen LogP contribution in [0.2, 0.25) is 0 Å². The summed E-state index contributed by atoms with van der Waals surface area (Å²) in [5.74, 6) is 0.0522. The Morgan fingerprint density at radius 3 is 2.95 bits per heavy atom. The van der Waals surface area contributed by atoms with Gasteiger partial charge in [0.15, 0.2) is 0 Å². The van der Waals surface area contributed by atoms with Crippen LogP contribution in [0.3, 0.4) is 0 Å². The zero-order valence-electron chi connectivity index (χ0n) is 11.0. The van der Waals surface area contributed by atoms with Crippen LogP contribution in [0.25, 0.3) is 0 Å². The van der Waals surface area contributed by atoms with E-state index in [1.807, 2.05) is 6.92 Å². The molecule has 1 aliphatic rings. The second-order valence-corrected chi connectivity index (χ2v) is 7.86. The Balaban J connectivity index is 2.33. The van der Waals surface area contributed by atoms with E-state index in [-0.39, 0.29) is 15.7 Å². The summed E-state index contributed by atoms with van der Waals surface area (Å²) in [7, 11) is -3.65. The topological polar surface area (TPSA) is 61.2 Å². The maximum absolute atomic E-state index is 13.3. The van der Waals surface area contributed by atoms with Crippen molar-refractivity contribution in [3.05, 3.63) is 29.6 Å². The van der Waals surface area contributed by atoms with Crippen molar-refractivity contribution in [2.24, 2.45) is 0 Å². The van der Waals surface area contributed by atoms with Gasteiger partial charge in [0.25, 0.3) is 0 Å². The van der Waals surface area contributed by atoms with Gasteiger partial charge >= 0.3 is 0 Å². The first-order chi connectivity index (χ1) is 9.48. The standard InChI is InChI=1S/C13H15FN2O2S2/c1-2-11-9-16(5-6-19-11)20(17,18)12-3-4-13(14)10(7-12)8-15/h3-4,7,11H,2,5-6,9H2,1H3. The molecule has 1 aromatic rings. The summed E-state index contributed by atoms with van der Waals surface area (Å²) < 4.78 is 39.7. The average molecular weight is 314 g/mol. The van der Waals surface area contributed by atoms with Gasteiger partial charge in [-0.15, -0.1) is 0 Å². The van der Waals surface area contributed by atoms with Crippen LogP contribution in [-0.4, -0.2) is 36.8 Å². The Hall–Kier alpha value is -1.10. The molecule has 4 nitrogen and oxygen atoms in total. The summed E-state index contributed by atoms with van der Waals surface area (Å²) in [5.41, 5.74) is -0.246. The van der Waals surface area contributed by atoms with Gasteiger partial charge in [-0.05, 0) is 24.6 Å². The molecule has 1 atom stereocenters. The van der Waals surface area contributed by atoms with Gasteiger partial charge in [-0.2, -0.15) is 21.3 Å². The summed E-state index contributed by atoms with van der Waals surface area (Å²) in [6.45, 7) is 2.94. The van der Waals surface area contributed by atoms with Crippen LogP contribution in [0, 0.1) is 17.1 Å². The van der Waals surface area contributed by atoms with Gasteiger partial charge in [0.1, 0.15) is 11.9 Å². The first kappa shape index (κ1) is 15.3. The fourth-order valence-electron chi connectivity index (χ4n) is 2.06. The maximum Gasteiger partial charge on any atom is 0.243 e. The Morgan fingerprint density at radius 1 is 1.55 bits per heavy atom. The van der Waals surface area contributed by atoms with E-state index in [0.29, 0.717) is 13.1 Å². The van der Waals surface area contributed by atoms with Crippen LogP contribution >= 0.6 is 11.8 Å².